The van der Waals surface area contributed by atoms with Gasteiger partial charge < -0.3 is 5.32 Å². The summed E-state index contributed by atoms with van der Waals surface area (Å²) in [6, 6.07) is 12.1. The molecule has 1 aliphatic heterocycles. The Morgan fingerprint density at radius 1 is 1.26 bits per heavy atom. The summed E-state index contributed by atoms with van der Waals surface area (Å²) >= 11 is 0. The third kappa shape index (κ3) is 2.65. The van der Waals surface area contributed by atoms with Gasteiger partial charge in [-0.1, -0.05) is 24.3 Å². The molecule has 3 nitrogen and oxygen atoms in total. The van der Waals surface area contributed by atoms with Gasteiger partial charge in [-0.05, 0) is 23.3 Å². The molecule has 2 aromatic rings. The molecule has 2 heterocycles. The van der Waals surface area contributed by atoms with E-state index in [1.54, 1.807) is 12.4 Å². The van der Waals surface area contributed by atoms with Crippen LogP contribution in [-0.2, 0) is 11.2 Å². The molecule has 96 valence electrons. The molecule has 1 N–H and O–H groups in total. The van der Waals surface area contributed by atoms with Crippen LogP contribution in [-0.4, -0.2) is 17.3 Å². The Balaban J connectivity index is 1.65. The van der Waals surface area contributed by atoms with Crippen molar-refractivity contribution in [1.82, 2.24) is 4.98 Å². The number of benzene rings is 1. The third-order valence-corrected chi connectivity index (χ3v) is 3.54. The molecule has 0 aliphatic carbocycles. The van der Waals surface area contributed by atoms with Crippen LogP contribution in [0.1, 0.15) is 23.5 Å². The summed E-state index contributed by atoms with van der Waals surface area (Å²) in [5.41, 5.74) is 3.43. The third-order valence-electron chi connectivity index (χ3n) is 3.54. The number of anilines is 1. The number of nitrogens with zero attached hydrogens (tertiary/aromatic N) is 1. The molecule has 1 unspecified atom stereocenters. The van der Waals surface area contributed by atoms with Gasteiger partial charge >= 0.3 is 0 Å². The molecule has 0 saturated carbocycles. The Morgan fingerprint density at radius 3 is 3.00 bits per heavy atom. The average Bonchev–Trinajstić information content (AvgIpc) is 2.83. The minimum atomic E-state index is 0.275. The molecular formula is C16H16N2O. The number of rotatable bonds is 4. The Hall–Kier alpha value is -2.16. The van der Waals surface area contributed by atoms with E-state index in [-0.39, 0.29) is 5.78 Å². The first-order chi connectivity index (χ1) is 9.33. The first-order valence-electron chi connectivity index (χ1n) is 6.56. The Bertz CT molecular complexity index is 580. The van der Waals surface area contributed by atoms with Gasteiger partial charge in [-0.2, -0.15) is 0 Å². The molecule has 0 fully saturated rings. The fraction of sp³-hybridized carbons (Fsp3) is 0.250. The second-order valence-corrected chi connectivity index (χ2v) is 4.95. The summed E-state index contributed by atoms with van der Waals surface area (Å²) in [4.78, 5) is 16.2. The van der Waals surface area contributed by atoms with Gasteiger partial charge in [-0.3, -0.25) is 9.78 Å². The normalized spacial score (nSPS) is 16.7. The highest BCUT2D eigenvalue weighted by Gasteiger charge is 2.23. The van der Waals surface area contributed by atoms with Crippen molar-refractivity contribution < 1.29 is 4.79 Å². The number of hydrogen-bond donors (Lipinski definition) is 1. The van der Waals surface area contributed by atoms with Gasteiger partial charge in [0.05, 0.1) is 0 Å². The zero-order valence-corrected chi connectivity index (χ0v) is 10.7. The molecule has 0 saturated heterocycles. The summed E-state index contributed by atoms with van der Waals surface area (Å²) in [5.74, 6) is 0.580. The highest BCUT2D eigenvalue weighted by atomic mass is 16.1. The lowest BCUT2D eigenvalue weighted by atomic mass is 9.94. The topological polar surface area (TPSA) is 42.0 Å². The van der Waals surface area contributed by atoms with Crippen LogP contribution in [0.2, 0.25) is 0 Å². The molecule has 1 atom stereocenters. The lowest BCUT2D eigenvalue weighted by molar-refractivity contribution is -0.118. The smallest absolute Gasteiger partial charge is 0.138 e. The molecule has 1 aromatic heterocycles. The van der Waals surface area contributed by atoms with Gasteiger partial charge in [0, 0.05) is 43.4 Å². The monoisotopic (exact) mass is 252 g/mol. The SMILES string of the molecule is O=C(Cc1cccnc1)CC1CNc2ccccc21. The quantitative estimate of drug-likeness (QED) is 0.909. The number of aromatic nitrogens is 1. The number of nitrogens with one attached hydrogen (secondary N) is 1. The predicted octanol–water partition coefficient (Wildman–Crippen LogP) is 2.79. The van der Waals surface area contributed by atoms with E-state index in [2.05, 4.69) is 22.4 Å². The Morgan fingerprint density at radius 2 is 2.16 bits per heavy atom. The van der Waals surface area contributed by atoms with Crippen molar-refractivity contribution in [2.75, 3.05) is 11.9 Å². The number of carbonyl (C=O) groups is 1. The van der Waals surface area contributed by atoms with Gasteiger partial charge in [-0.25, -0.2) is 0 Å². The molecule has 1 aromatic carbocycles. The number of carbonyl (C=O) groups excluding carboxylic acids is 1. The van der Waals surface area contributed by atoms with Crippen LogP contribution in [0.25, 0.3) is 0 Å². The fourth-order valence-electron chi connectivity index (χ4n) is 2.62. The largest absolute Gasteiger partial charge is 0.384 e. The molecule has 0 radical (unpaired) electrons. The highest BCUT2D eigenvalue weighted by Crippen LogP contribution is 2.33. The van der Waals surface area contributed by atoms with Gasteiger partial charge in [0.15, 0.2) is 0 Å². The van der Waals surface area contributed by atoms with Crippen LogP contribution < -0.4 is 5.32 Å². The number of hydrogen-bond acceptors (Lipinski definition) is 3. The number of pyridine rings is 1. The number of ketones is 1. The van der Waals surface area contributed by atoms with Gasteiger partial charge in [-0.15, -0.1) is 0 Å². The van der Waals surface area contributed by atoms with E-state index in [1.807, 2.05) is 24.3 Å². The summed E-state index contributed by atoms with van der Waals surface area (Å²) in [6.45, 7) is 0.859. The summed E-state index contributed by atoms with van der Waals surface area (Å²) < 4.78 is 0. The van der Waals surface area contributed by atoms with Crippen molar-refractivity contribution in [2.24, 2.45) is 0 Å². The fourth-order valence-corrected chi connectivity index (χ4v) is 2.62. The predicted molar refractivity (Wildman–Crippen MR) is 75.2 cm³/mol. The number of Topliss-reactive ketones (excluding diaryl/α,β-unsaturated/α-hetero) is 1. The van der Waals surface area contributed by atoms with E-state index in [0.29, 0.717) is 18.8 Å². The molecule has 0 spiro atoms. The molecule has 1 aliphatic rings. The maximum atomic E-state index is 12.1. The highest BCUT2D eigenvalue weighted by molar-refractivity contribution is 5.82. The summed E-state index contributed by atoms with van der Waals surface area (Å²) in [6.07, 6.45) is 4.56. The van der Waals surface area contributed by atoms with Crippen molar-refractivity contribution in [3.05, 3.63) is 59.9 Å². The maximum Gasteiger partial charge on any atom is 0.138 e. The number of para-hydroxylation sites is 1. The average molecular weight is 252 g/mol. The lowest BCUT2D eigenvalue weighted by Gasteiger charge is -2.09. The van der Waals surface area contributed by atoms with Crippen molar-refractivity contribution in [1.29, 1.82) is 0 Å². The van der Waals surface area contributed by atoms with Crippen LogP contribution in [0.3, 0.4) is 0 Å². The van der Waals surface area contributed by atoms with E-state index in [4.69, 9.17) is 0 Å². The standard InChI is InChI=1S/C16H16N2O/c19-14(8-12-4-3-7-17-10-12)9-13-11-18-16-6-2-1-5-15(13)16/h1-7,10,13,18H,8-9,11H2. The van der Waals surface area contributed by atoms with Gasteiger partial charge in [0.2, 0.25) is 0 Å². The van der Waals surface area contributed by atoms with Gasteiger partial charge in [0.1, 0.15) is 5.78 Å². The van der Waals surface area contributed by atoms with Crippen LogP contribution in [0.15, 0.2) is 48.8 Å². The van der Waals surface area contributed by atoms with Crippen molar-refractivity contribution in [3.63, 3.8) is 0 Å². The molecular weight excluding hydrogens is 236 g/mol. The zero-order valence-electron chi connectivity index (χ0n) is 10.7. The van der Waals surface area contributed by atoms with Crippen LogP contribution in [0.4, 0.5) is 5.69 Å². The zero-order chi connectivity index (χ0) is 13.1. The van der Waals surface area contributed by atoms with Crippen LogP contribution in [0, 0.1) is 0 Å². The second-order valence-electron chi connectivity index (χ2n) is 4.95. The lowest BCUT2D eigenvalue weighted by Crippen LogP contribution is -2.11. The molecule has 0 bridgehead atoms. The van der Waals surface area contributed by atoms with Crippen LogP contribution >= 0.6 is 0 Å². The molecule has 0 amide bonds. The minimum Gasteiger partial charge on any atom is -0.384 e. The van der Waals surface area contributed by atoms with Crippen LogP contribution in [0.5, 0.6) is 0 Å². The van der Waals surface area contributed by atoms with E-state index in [1.165, 1.54) is 11.3 Å². The van der Waals surface area contributed by atoms with Gasteiger partial charge in [0.25, 0.3) is 0 Å². The van der Waals surface area contributed by atoms with E-state index in [0.717, 1.165) is 12.1 Å². The maximum absolute atomic E-state index is 12.1. The number of fused-ring (bicyclic) bond motifs is 1. The first kappa shape index (κ1) is 11.9. The van der Waals surface area contributed by atoms with Crippen molar-refractivity contribution in [2.45, 2.75) is 18.8 Å². The summed E-state index contributed by atoms with van der Waals surface area (Å²) in [5, 5.41) is 3.35. The van der Waals surface area contributed by atoms with E-state index < -0.39 is 0 Å². The van der Waals surface area contributed by atoms with Crippen molar-refractivity contribution in [3.8, 4) is 0 Å². The summed E-state index contributed by atoms with van der Waals surface area (Å²) in [7, 11) is 0. The van der Waals surface area contributed by atoms with E-state index in [9.17, 15) is 4.79 Å². The molecule has 19 heavy (non-hydrogen) atoms. The Labute approximate surface area is 112 Å². The second kappa shape index (κ2) is 5.22. The Kier molecular flexibility index (Phi) is 3.27. The van der Waals surface area contributed by atoms with E-state index >= 15 is 0 Å². The molecule has 3 rings (SSSR count). The molecule has 3 heteroatoms. The first-order valence-corrected chi connectivity index (χ1v) is 6.56. The van der Waals surface area contributed by atoms with Crippen molar-refractivity contribution >= 4 is 11.5 Å². The minimum absolute atomic E-state index is 0.275.